The lowest BCUT2D eigenvalue weighted by molar-refractivity contribution is -0.119. The van der Waals surface area contributed by atoms with Gasteiger partial charge in [-0.2, -0.15) is 0 Å². The highest BCUT2D eigenvalue weighted by Gasteiger charge is 2.30. The van der Waals surface area contributed by atoms with E-state index in [4.69, 9.17) is 10.5 Å². The van der Waals surface area contributed by atoms with Crippen LogP contribution in [-0.4, -0.2) is 30.2 Å². The van der Waals surface area contributed by atoms with E-state index in [1.807, 2.05) is 39.0 Å². The molecule has 0 saturated carbocycles. The lowest BCUT2D eigenvalue weighted by Crippen LogP contribution is -2.39. The second-order valence-corrected chi connectivity index (χ2v) is 6.81. The summed E-state index contributed by atoms with van der Waals surface area (Å²) >= 11 is 0. The van der Waals surface area contributed by atoms with Crippen LogP contribution in [0.4, 0.5) is 10.5 Å². The van der Waals surface area contributed by atoms with E-state index in [0.717, 1.165) is 23.2 Å². The molecule has 1 unspecified atom stereocenters. The molecule has 23 heavy (non-hydrogen) atoms. The summed E-state index contributed by atoms with van der Waals surface area (Å²) in [6.07, 6.45) is 0.458. The second-order valence-electron chi connectivity index (χ2n) is 6.81. The summed E-state index contributed by atoms with van der Waals surface area (Å²) in [5.41, 5.74) is 7.69. The molecule has 2 rings (SSSR count). The Morgan fingerprint density at radius 1 is 1.39 bits per heavy atom. The van der Waals surface area contributed by atoms with Crippen molar-refractivity contribution in [2.75, 3.05) is 11.4 Å². The van der Waals surface area contributed by atoms with Gasteiger partial charge in [-0.1, -0.05) is 18.2 Å². The number of carbonyl (C=O) groups is 2. The number of hydrogen-bond acceptors (Lipinski definition) is 4. The van der Waals surface area contributed by atoms with E-state index < -0.39 is 17.6 Å². The number of carbonyl (C=O) groups excluding carboxylic acids is 2. The van der Waals surface area contributed by atoms with E-state index in [-0.39, 0.29) is 6.09 Å². The zero-order valence-electron chi connectivity index (χ0n) is 14.2. The molecule has 1 aliphatic rings. The molecule has 1 aromatic rings. The second kappa shape index (κ2) is 6.58. The number of amides is 2. The van der Waals surface area contributed by atoms with Gasteiger partial charge in [0.1, 0.15) is 5.60 Å². The van der Waals surface area contributed by atoms with Crippen LogP contribution in [0.1, 0.15) is 38.8 Å². The molecule has 0 saturated heterocycles. The number of primary amides is 1. The molecule has 3 N–H and O–H groups in total. The van der Waals surface area contributed by atoms with Gasteiger partial charge < -0.3 is 15.8 Å². The number of nitrogens with two attached hydrogens (primary N) is 1. The molecule has 0 aliphatic carbocycles. The third-order valence-corrected chi connectivity index (χ3v) is 3.72. The van der Waals surface area contributed by atoms with Crippen LogP contribution in [0.2, 0.25) is 0 Å². The van der Waals surface area contributed by atoms with Crippen molar-refractivity contribution in [2.24, 2.45) is 5.73 Å². The number of benzene rings is 1. The van der Waals surface area contributed by atoms with Crippen molar-refractivity contribution in [1.29, 1.82) is 0 Å². The summed E-state index contributed by atoms with van der Waals surface area (Å²) in [6.45, 7) is 8.34. The Kier molecular flexibility index (Phi) is 4.94. The normalized spacial score (nSPS) is 15.2. The largest absolute Gasteiger partial charge is 0.443 e. The maximum Gasteiger partial charge on any atom is 0.414 e. The molecule has 2 amide bonds. The Labute approximate surface area is 137 Å². The standard InChI is InChI=1S/C17H25N3O3/c1-11(15(18)21)19-10-13-7-5-6-12-8-9-20(14(12)13)16(22)23-17(2,3)4/h5-7,11,19H,8-10H2,1-4H3,(H2,18,21). The summed E-state index contributed by atoms with van der Waals surface area (Å²) < 4.78 is 5.49. The van der Waals surface area contributed by atoms with Gasteiger partial charge in [-0.05, 0) is 45.2 Å². The number of nitrogens with one attached hydrogen (secondary N) is 1. The number of nitrogens with zero attached hydrogens (tertiary/aromatic N) is 1. The Hall–Kier alpha value is -2.08. The van der Waals surface area contributed by atoms with Gasteiger partial charge in [0, 0.05) is 13.1 Å². The van der Waals surface area contributed by atoms with Crippen LogP contribution >= 0.6 is 0 Å². The summed E-state index contributed by atoms with van der Waals surface area (Å²) in [6, 6.07) is 5.49. The molecular formula is C17H25N3O3. The van der Waals surface area contributed by atoms with Crippen LogP contribution in [0.3, 0.4) is 0 Å². The number of anilines is 1. The molecule has 126 valence electrons. The fourth-order valence-corrected chi connectivity index (χ4v) is 2.54. The first-order valence-electron chi connectivity index (χ1n) is 7.83. The van der Waals surface area contributed by atoms with Gasteiger partial charge in [0.2, 0.25) is 5.91 Å². The van der Waals surface area contributed by atoms with E-state index in [1.165, 1.54) is 0 Å². The van der Waals surface area contributed by atoms with Crippen LogP contribution in [-0.2, 0) is 22.5 Å². The molecule has 0 radical (unpaired) electrons. The summed E-state index contributed by atoms with van der Waals surface area (Å²) in [7, 11) is 0. The van der Waals surface area contributed by atoms with Crippen molar-refractivity contribution >= 4 is 17.7 Å². The summed E-state index contributed by atoms with van der Waals surface area (Å²) in [5.74, 6) is -0.401. The lowest BCUT2D eigenvalue weighted by Gasteiger charge is -2.26. The van der Waals surface area contributed by atoms with Crippen molar-refractivity contribution in [3.05, 3.63) is 29.3 Å². The number of rotatable bonds is 4. The first-order chi connectivity index (χ1) is 10.7. The molecule has 6 nitrogen and oxygen atoms in total. The van der Waals surface area contributed by atoms with E-state index in [0.29, 0.717) is 13.1 Å². The van der Waals surface area contributed by atoms with Crippen molar-refractivity contribution in [3.63, 3.8) is 0 Å². The molecular weight excluding hydrogens is 294 g/mol. The average molecular weight is 319 g/mol. The van der Waals surface area contributed by atoms with Crippen LogP contribution in [0.15, 0.2) is 18.2 Å². The number of para-hydroxylation sites is 1. The van der Waals surface area contributed by atoms with Gasteiger partial charge in [0.25, 0.3) is 0 Å². The average Bonchev–Trinajstić information content (AvgIpc) is 2.87. The number of ether oxygens (including phenoxy) is 1. The Balaban J connectivity index is 2.20. The highest BCUT2D eigenvalue weighted by Crippen LogP contribution is 2.33. The molecule has 0 bridgehead atoms. The first-order valence-corrected chi connectivity index (χ1v) is 7.83. The quantitative estimate of drug-likeness (QED) is 0.888. The maximum atomic E-state index is 12.4. The van der Waals surface area contributed by atoms with Crippen LogP contribution < -0.4 is 16.0 Å². The van der Waals surface area contributed by atoms with Gasteiger partial charge in [-0.3, -0.25) is 9.69 Å². The van der Waals surface area contributed by atoms with Crippen LogP contribution in [0.25, 0.3) is 0 Å². The summed E-state index contributed by atoms with van der Waals surface area (Å²) in [5, 5.41) is 3.08. The first kappa shape index (κ1) is 17.3. The highest BCUT2D eigenvalue weighted by atomic mass is 16.6. The molecule has 6 heteroatoms. The smallest absolute Gasteiger partial charge is 0.414 e. The molecule has 1 heterocycles. The molecule has 1 atom stereocenters. The molecule has 0 aromatic heterocycles. The van der Waals surface area contributed by atoms with E-state index >= 15 is 0 Å². The molecule has 0 fully saturated rings. The minimum atomic E-state index is -0.534. The van der Waals surface area contributed by atoms with Crippen molar-refractivity contribution < 1.29 is 14.3 Å². The van der Waals surface area contributed by atoms with E-state index in [9.17, 15) is 9.59 Å². The maximum absolute atomic E-state index is 12.4. The minimum absolute atomic E-state index is 0.341. The molecule has 1 aromatic carbocycles. The summed E-state index contributed by atoms with van der Waals surface area (Å²) in [4.78, 5) is 25.3. The minimum Gasteiger partial charge on any atom is -0.443 e. The third kappa shape index (κ3) is 4.22. The van der Waals surface area contributed by atoms with Crippen molar-refractivity contribution in [1.82, 2.24) is 5.32 Å². The molecule has 1 aliphatic heterocycles. The van der Waals surface area contributed by atoms with Crippen LogP contribution in [0.5, 0.6) is 0 Å². The lowest BCUT2D eigenvalue weighted by atomic mass is 10.1. The Morgan fingerprint density at radius 3 is 2.70 bits per heavy atom. The SMILES string of the molecule is CC(NCc1cccc2c1N(C(=O)OC(C)(C)C)CC2)C(N)=O. The fraction of sp³-hybridized carbons (Fsp3) is 0.529. The monoisotopic (exact) mass is 319 g/mol. The van der Waals surface area contributed by atoms with Gasteiger partial charge >= 0.3 is 6.09 Å². The number of fused-ring (bicyclic) bond motifs is 1. The van der Waals surface area contributed by atoms with Gasteiger partial charge in [0.05, 0.1) is 11.7 Å². The van der Waals surface area contributed by atoms with Gasteiger partial charge in [-0.15, -0.1) is 0 Å². The Bertz CT molecular complexity index is 608. The highest BCUT2D eigenvalue weighted by molar-refractivity contribution is 5.91. The van der Waals surface area contributed by atoms with E-state index in [1.54, 1.807) is 11.8 Å². The Morgan fingerprint density at radius 2 is 2.09 bits per heavy atom. The topological polar surface area (TPSA) is 84.7 Å². The van der Waals surface area contributed by atoms with E-state index in [2.05, 4.69) is 5.32 Å². The predicted octanol–water partition coefficient (Wildman–Crippen LogP) is 1.95. The predicted molar refractivity (Wildman–Crippen MR) is 89.2 cm³/mol. The zero-order valence-corrected chi connectivity index (χ0v) is 14.2. The van der Waals surface area contributed by atoms with Gasteiger partial charge in [0.15, 0.2) is 0 Å². The fourth-order valence-electron chi connectivity index (χ4n) is 2.54. The van der Waals surface area contributed by atoms with Crippen molar-refractivity contribution in [3.8, 4) is 0 Å². The van der Waals surface area contributed by atoms with Crippen molar-refractivity contribution in [2.45, 2.75) is 52.3 Å². The molecule has 0 spiro atoms. The number of hydrogen-bond donors (Lipinski definition) is 2. The van der Waals surface area contributed by atoms with Crippen LogP contribution in [0, 0.1) is 0 Å². The third-order valence-electron chi connectivity index (χ3n) is 3.72. The zero-order chi connectivity index (χ0) is 17.2. The van der Waals surface area contributed by atoms with Gasteiger partial charge in [-0.25, -0.2) is 4.79 Å².